The van der Waals surface area contributed by atoms with Gasteiger partial charge < -0.3 is 0 Å². The molecule has 4 nitrogen and oxygen atoms in total. The minimum Gasteiger partial charge on any atom is -0.267 e. The Labute approximate surface area is 176 Å². The molecule has 1 heterocycles. The Morgan fingerprint density at radius 1 is 1.07 bits per heavy atom. The van der Waals surface area contributed by atoms with Crippen LogP contribution in [0.1, 0.15) is 49.4 Å². The maximum atomic E-state index is 13.1. The molecular weight excluding hydrogens is 382 g/mol. The summed E-state index contributed by atoms with van der Waals surface area (Å²) in [6.07, 6.45) is 6.06. The van der Waals surface area contributed by atoms with Gasteiger partial charge in [0.05, 0.1) is 21.8 Å². The first-order chi connectivity index (χ1) is 14.1. The van der Waals surface area contributed by atoms with Gasteiger partial charge >= 0.3 is 0 Å². The van der Waals surface area contributed by atoms with Gasteiger partial charge in [-0.25, -0.2) is 10.4 Å². The first-order valence-electron chi connectivity index (χ1n) is 10.1. The zero-order chi connectivity index (χ0) is 20.2. The van der Waals surface area contributed by atoms with Crippen molar-refractivity contribution in [3.8, 4) is 11.3 Å². The van der Waals surface area contributed by atoms with Crippen molar-refractivity contribution in [3.05, 3.63) is 65.2 Å². The van der Waals surface area contributed by atoms with Crippen molar-refractivity contribution in [1.29, 1.82) is 0 Å². The number of amides is 1. The minimum absolute atomic E-state index is 0.244. The number of carbonyl (C=O) groups is 1. The number of nitrogens with one attached hydrogen (secondary N) is 1. The normalized spacial score (nSPS) is 15.4. The number of hydrogen-bond donors (Lipinski definition) is 1. The molecule has 0 bridgehead atoms. The highest BCUT2D eigenvalue weighted by Crippen LogP contribution is 2.29. The minimum atomic E-state index is -0.244. The van der Waals surface area contributed by atoms with Gasteiger partial charge in [-0.05, 0) is 37.8 Å². The van der Waals surface area contributed by atoms with Crippen LogP contribution in [0.5, 0.6) is 0 Å². The highest BCUT2D eigenvalue weighted by Gasteiger charge is 2.18. The molecule has 2 aromatic carbocycles. The van der Waals surface area contributed by atoms with Gasteiger partial charge in [0, 0.05) is 16.7 Å². The van der Waals surface area contributed by atoms with Crippen LogP contribution in [-0.2, 0) is 0 Å². The van der Waals surface area contributed by atoms with Crippen LogP contribution in [0.2, 0.25) is 5.02 Å². The number of halogens is 1. The van der Waals surface area contributed by atoms with Crippen molar-refractivity contribution >= 4 is 34.1 Å². The van der Waals surface area contributed by atoms with Crippen LogP contribution in [0, 0.1) is 5.92 Å². The van der Waals surface area contributed by atoms with E-state index in [1.165, 1.54) is 19.3 Å². The van der Waals surface area contributed by atoms with E-state index in [1.807, 2.05) is 55.5 Å². The van der Waals surface area contributed by atoms with Crippen molar-refractivity contribution in [1.82, 2.24) is 10.4 Å². The summed E-state index contributed by atoms with van der Waals surface area (Å²) >= 11 is 6.40. The molecule has 1 fully saturated rings. The van der Waals surface area contributed by atoms with E-state index >= 15 is 0 Å². The average molecular weight is 406 g/mol. The van der Waals surface area contributed by atoms with E-state index < -0.39 is 0 Å². The van der Waals surface area contributed by atoms with Crippen LogP contribution in [0.25, 0.3) is 22.2 Å². The lowest BCUT2D eigenvalue weighted by molar-refractivity contribution is 0.0956. The average Bonchev–Trinajstić information content (AvgIpc) is 2.78. The number of pyridine rings is 1. The number of fused-ring (bicyclic) bond motifs is 1. The second kappa shape index (κ2) is 8.75. The highest BCUT2D eigenvalue weighted by molar-refractivity contribution is 6.35. The third kappa shape index (κ3) is 4.33. The SMILES string of the molecule is C/C(=N/NC(=O)c1cc(-c2ccccc2)nc2c(Cl)cccc12)C1CCCCC1. The first-order valence-corrected chi connectivity index (χ1v) is 10.5. The number of nitrogens with zero attached hydrogens (tertiary/aromatic N) is 2. The van der Waals surface area contributed by atoms with Gasteiger partial charge in [0.15, 0.2) is 0 Å². The summed E-state index contributed by atoms with van der Waals surface area (Å²) in [6.45, 7) is 2.01. The maximum Gasteiger partial charge on any atom is 0.272 e. The zero-order valence-corrected chi connectivity index (χ0v) is 17.2. The molecule has 0 aliphatic heterocycles. The third-order valence-corrected chi connectivity index (χ3v) is 5.94. The summed E-state index contributed by atoms with van der Waals surface area (Å²) in [5, 5.41) is 5.67. The summed E-state index contributed by atoms with van der Waals surface area (Å²) in [5.41, 5.74) is 6.55. The van der Waals surface area contributed by atoms with Crippen molar-refractivity contribution in [2.75, 3.05) is 0 Å². The molecule has 1 amide bonds. The smallest absolute Gasteiger partial charge is 0.267 e. The quantitative estimate of drug-likeness (QED) is 0.412. The van der Waals surface area contributed by atoms with E-state index in [0.717, 1.165) is 29.5 Å². The van der Waals surface area contributed by atoms with E-state index in [0.29, 0.717) is 27.7 Å². The summed E-state index contributed by atoms with van der Waals surface area (Å²) in [7, 11) is 0. The molecule has 1 aliphatic rings. The zero-order valence-electron chi connectivity index (χ0n) is 16.5. The topological polar surface area (TPSA) is 54.4 Å². The van der Waals surface area contributed by atoms with Gasteiger partial charge in [0.25, 0.3) is 5.91 Å². The monoisotopic (exact) mass is 405 g/mol. The molecule has 0 spiro atoms. The molecule has 1 aromatic heterocycles. The van der Waals surface area contributed by atoms with E-state index in [9.17, 15) is 4.79 Å². The molecule has 0 unspecified atom stereocenters. The molecule has 4 rings (SSSR count). The summed E-state index contributed by atoms with van der Waals surface area (Å²) in [5.74, 6) is 0.222. The molecule has 1 aliphatic carbocycles. The standard InChI is InChI=1S/C24H24ClN3O/c1-16(17-9-4-2-5-10-17)27-28-24(29)20-15-22(18-11-6-3-7-12-18)26-23-19(20)13-8-14-21(23)25/h3,6-8,11-15,17H,2,4-5,9-10H2,1H3,(H,28,29)/b27-16-. The molecule has 1 saturated carbocycles. The molecule has 5 heteroatoms. The van der Waals surface area contributed by atoms with Gasteiger partial charge in [0.1, 0.15) is 0 Å². The second-order valence-corrected chi connectivity index (χ2v) is 7.99. The van der Waals surface area contributed by atoms with Crippen LogP contribution < -0.4 is 5.43 Å². The number of aromatic nitrogens is 1. The van der Waals surface area contributed by atoms with Crippen LogP contribution in [0.3, 0.4) is 0 Å². The van der Waals surface area contributed by atoms with Crippen molar-refractivity contribution < 1.29 is 4.79 Å². The second-order valence-electron chi connectivity index (χ2n) is 7.59. The Hall–Kier alpha value is -2.72. The molecule has 1 N–H and O–H groups in total. The number of carbonyl (C=O) groups excluding carboxylic acids is 1. The predicted molar refractivity (Wildman–Crippen MR) is 119 cm³/mol. The highest BCUT2D eigenvalue weighted by atomic mass is 35.5. The largest absolute Gasteiger partial charge is 0.272 e. The van der Waals surface area contributed by atoms with Crippen molar-refractivity contribution in [3.63, 3.8) is 0 Å². The van der Waals surface area contributed by atoms with E-state index in [4.69, 9.17) is 16.6 Å². The van der Waals surface area contributed by atoms with E-state index in [1.54, 1.807) is 6.07 Å². The van der Waals surface area contributed by atoms with Gasteiger partial charge in [0.2, 0.25) is 0 Å². The number of hydrogen-bond acceptors (Lipinski definition) is 3. The van der Waals surface area contributed by atoms with Gasteiger partial charge in [-0.1, -0.05) is 73.3 Å². The van der Waals surface area contributed by atoms with Crippen molar-refractivity contribution in [2.24, 2.45) is 11.0 Å². The molecule has 0 radical (unpaired) electrons. The Morgan fingerprint density at radius 2 is 1.83 bits per heavy atom. The molecule has 29 heavy (non-hydrogen) atoms. The Kier molecular flexibility index (Phi) is 5.91. The fourth-order valence-electron chi connectivity index (χ4n) is 3.97. The van der Waals surface area contributed by atoms with Crippen molar-refractivity contribution in [2.45, 2.75) is 39.0 Å². The number of rotatable bonds is 4. The first kappa shape index (κ1) is 19.6. The fraction of sp³-hybridized carbons (Fsp3) is 0.292. The van der Waals surface area contributed by atoms with Crippen LogP contribution in [-0.4, -0.2) is 16.6 Å². The third-order valence-electron chi connectivity index (χ3n) is 5.63. The Bertz CT molecular complexity index is 1060. The van der Waals surface area contributed by atoms with Crippen LogP contribution >= 0.6 is 11.6 Å². The number of hydrazone groups is 1. The molecule has 0 saturated heterocycles. The lowest BCUT2D eigenvalue weighted by Gasteiger charge is -2.21. The van der Waals surface area contributed by atoms with Crippen LogP contribution in [0.15, 0.2) is 59.7 Å². The van der Waals surface area contributed by atoms with Gasteiger partial charge in [-0.2, -0.15) is 5.10 Å². The summed E-state index contributed by atoms with van der Waals surface area (Å²) < 4.78 is 0. The number of para-hydroxylation sites is 1. The Balaban J connectivity index is 1.70. The van der Waals surface area contributed by atoms with Gasteiger partial charge in [-0.15, -0.1) is 0 Å². The predicted octanol–water partition coefficient (Wildman–Crippen LogP) is 6.24. The molecule has 3 aromatic rings. The van der Waals surface area contributed by atoms with E-state index in [-0.39, 0.29) is 5.91 Å². The van der Waals surface area contributed by atoms with E-state index in [2.05, 4.69) is 10.5 Å². The lowest BCUT2D eigenvalue weighted by Crippen LogP contribution is -2.23. The molecular formula is C24H24ClN3O. The summed E-state index contributed by atoms with van der Waals surface area (Å²) in [4.78, 5) is 17.8. The lowest BCUT2D eigenvalue weighted by atomic mass is 9.86. The summed E-state index contributed by atoms with van der Waals surface area (Å²) in [6, 6.07) is 17.1. The molecule has 148 valence electrons. The Morgan fingerprint density at radius 3 is 2.59 bits per heavy atom. The maximum absolute atomic E-state index is 13.1. The van der Waals surface area contributed by atoms with Crippen LogP contribution in [0.4, 0.5) is 0 Å². The fourth-order valence-corrected chi connectivity index (χ4v) is 4.19. The van der Waals surface area contributed by atoms with Gasteiger partial charge in [-0.3, -0.25) is 4.79 Å². The molecule has 0 atom stereocenters. The number of benzene rings is 2.